The second-order valence-corrected chi connectivity index (χ2v) is 5.11. The first-order valence-corrected chi connectivity index (χ1v) is 7.24. The summed E-state index contributed by atoms with van der Waals surface area (Å²) < 4.78 is 10.8. The Morgan fingerprint density at radius 3 is 3.10 bits per heavy atom. The van der Waals surface area contributed by atoms with Gasteiger partial charge in [-0.05, 0) is 25.0 Å². The van der Waals surface area contributed by atoms with Crippen molar-refractivity contribution in [1.82, 2.24) is 0 Å². The summed E-state index contributed by atoms with van der Waals surface area (Å²) in [6.45, 7) is 2.89. The van der Waals surface area contributed by atoms with Gasteiger partial charge in [0.25, 0.3) is 0 Å². The molecule has 0 radical (unpaired) electrons. The summed E-state index contributed by atoms with van der Waals surface area (Å²) in [5.41, 5.74) is 1.04. The van der Waals surface area contributed by atoms with Crippen LogP contribution in [0.2, 0.25) is 0 Å². The number of amides is 1. The number of para-hydroxylation sites is 1. The van der Waals surface area contributed by atoms with E-state index in [9.17, 15) is 4.79 Å². The van der Waals surface area contributed by atoms with Crippen molar-refractivity contribution in [2.45, 2.75) is 19.3 Å². The van der Waals surface area contributed by atoms with Crippen molar-refractivity contribution >= 4 is 11.6 Å². The molecular formula is C16H20N2O3. The van der Waals surface area contributed by atoms with E-state index in [0.29, 0.717) is 43.2 Å². The molecule has 1 aromatic carbocycles. The maximum absolute atomic E-state index is 11.8. The maximum Gasteiger partial charge on any atom is 0.224 e. The molecule has 0 spiro atoms. The van der Waals surface area contributed by atoms with Crippen LogP contribution in [0.4, 0.5) is 5.69 Å². The van der Waals surface area contributed by atoms with Gasteiger partial charge in [-0.1, -0.05) is 12.1 Å². The summed E-state index contributed by atoms with van der Waals surface area (Å²) in [7, 11) is 0. The number of ether oxygens (including phenoxy) is 2. The molecule has 2 rings (SSSR count). The van der Waals surface area contributed by atoms with E-state index in [4.69, 9.17) is 14.7 Å². The van der Waals surface area contributed by atoms with E-state index >= 15 is 0 Å². The maximum atomic E-state index is 11.8. The summed E-state index contributed by atoms with van der Waals surface area (Å²) in [5.74, 6) is 0.409. The van der Waals surface area contributed by atoms with Gasteiger partial charge in [0.1, 0.15) is 6.07 Å². The zero-order valence-electron chi connectivity index (χ0n) is 12.0. The van der Waals surface area contributed by atoms with Crippen molar-refractivity contribution in [1.29, 1.82) is 5.26 Å². The zero-order chi connectivity index (χ0) is 14.9. The van der Waals surface area contributed by atoms with Crippen LogP contribution >= 0.6 is 0 Å². The predicted octanol–water partition coefficient (Wildman–Crippen LogP) is 2.33. The van der Waals surface area contributed by atoms with Crippen molar-refractivity contribution in [3.63, 3.8) is 0 Å². The van der Waals surface area contributed by atoms with Crippen molar-refractivity contribution < 1.29 is 14.3 Å². The predicted molar refractivity (Wildman–Crippen MR) is 78.8 cm³/mol. The van der Waals surface area contributed by atoms with Crippen LogP contribution in [0.25, 0.3) is 0 Å². The molecule has 1 aliphatic heterocycles. The number of nitrogens with zero attached hydrogens (tertiary/aromatic N) is 1. The summed E-state index contributed by atoms with van der Waals surface area (Å²) in [6, 6.07) is 9.04. The number of hydrogen-bond donors (Lipinski definition) is 1. The highest BCUT2D eigenvalue weighted by atomic mass is 16.5. The molecule has 5 heteroatoms. The number of anilines is 1. The van der Waals surface area contributed by atoms with Gasteiger partial charge in [0, 0.05) is 25.6 Å². The van der Waals surface area contributed by atoms with Crippen molar-refractivity contribution in [2.24, 2.45) is 5.92 Å². The second-order valence-electron chi connectivity index (χ2n) is 5.11. The molecule has 1 heterocycles. The van der Waals surface area contributed by atoms with E-state index in [1.165, 1.54) is 0 Å². The number of carbonyl (C=O) groups is 1. The first-order valence-electron chi connectivity index (χ1n) is 7.24. The summed E-state index contributed by atoms with van der Waals surface area (Å²) in [5, 5.41) is 11.7. The highest BCUT2D eigenvalue weighted by Gasteiger charge is 2.15. The molecule has 1 N–H and O–H groups in total. The first-order chi connectivity index (χ1) is 10.3. The normalized spacial score (nSPS) is 17.4. The molecule has 5 nitrogen and oxygen atoms in total. The quantitative estimate of drug-likeness (QED) is 0.782. The van der Waals surface area contributed by atoms with Gasteiger partial charge in [0.15, 0.2) is 0 Å². The molecule has 21 heavy (non-hydrogen) atoms. The number of hydrogen-bond acceptors (Lipinski definition) is 4. The molecule has 1 saturated heterocycles. The minimum Gasteiger partial charge on any atom is -0.381 e. The van der Waals surface area contributed by atoms with Crippen LogP contribution in [0.15, 0.2) is 24.3 Å². The van der Waals surface area contributed by atoms with Gasteiger partial charge in [-0.25, -0.2) is 0 Å². The standard InChI is InChI=1S/C16H20N2O3/c17-10-14-4-1-2-5-15(14)18-16(19)6-3-8-20-11-13-7-9-21-12-13/h1-2,4-5,13H,3,6-9,11-12H2,(H,18,19). The molecule has 1 aromatic rings. The average Bonchev–Trinajstić information content (AvgIpc) is 3.01. The van der Waals surface area contributed by atoms with Crippen LogP contribution in [0.3, 0.4) is 0 Å². The fraction of sp³-hybridized carbons (Fsp3) is 0.500. The van der Waals surface area contributed by atoms with E-state index in [0.717, 1.165) is 19.6 Å². The van der Waals surface area contributed by atoms with Crippen LogP contribution in [-0.4, -0.2) is 32.3 Å². The van der Waals surface area contributed by atoms with Crippen molar-refractivity contribution in [2.75, 3.05) is 31.7 Å². The Morgan fingerprint density at radius 1 is 1.48 bits per heavy atom. The van der Waals surface area contributed by atoms with Gasteiger partial charge in [-0.2, -0.15) is 5.26 Å². The molecule has 0 bridgehead atoms. The third-order valence-corrected chi connectivity index (χ3v) is 3.39. The third kappa shape index (κ3) is 5.18. The minimum absolute atomic E-state index is 0.0921. The van der Waals surface area contributed by atoms with E-state index in [1.54, 1.807) is 24.3 Å². The van der Waals surface area contributed by atoms with Gasteiger partial charge in [0.05, 0.1) is 24.5 Å². The fourth-order valence-electron chi connectivity index (χ4n) is 2.20. The molecule has 1 amide bonds. The Kier molecular flexibility index (Phi) is 6.20. The Hall–Kier alpha value is -1.90. The molecule has 112 valence electrons. The lowest BCUT2D eigenvalue weighted by atomic mass is 10.1. The Bertz CT molecular complexity index is 504. The van der Waals surface area contributed by atoms with Crippen LogP contribution in [-0.2, 0) is 14.3 Å². The van der Waals surface area contributed by atoms with E-state index < -0.39 is 0 Å². The minimum atomic E-state index is -0.0921. The topological polar surface area (TPSA) is 71.4 Å². The number of carbonyl (C=O) groups excluding carboxylic acids is 1. The highest BCUT2D eigenvalue weighted by molar-refractivity contribution is 5.92. The first kappa shape index (κ1) is 15.5. The molecule has 0 aromatic heterocycles. The molecule has 1 atom stereocenters. The van der Waals surface area contributed by atoms with E-state index in [-0.39, 0.29) is 5.91 Å². The molecule has 0 saturated carbocycles. The lowest BCUT2D eigenvalue weighted by Gasteiger charge is -2.09. The van der Waals surface area contributed by atoms with Gasteiger partial charge in [0.2, 0.25) is 5.91 Å². The molecule has 1 unspecified atom stereocenters. The van der Waals surface area contributed by atoms with Gasteiger partial charge in [-0.15, -0.1) is 0 Å². The summed E-state index contributed by atoms with van der Waals surface area (Å²) >= 11 is 0. The Balaban J connectivity index is 1.62. The lowest BCUT2D eigenvalue weighted by molar-refractivity contribution is -0.116. The fourth-order valence-corrected chi connectivity index (χ4v) is 2.20. The Morgan fingerprint density at radius 2 is 2.33 bits per heavy atom. The van der Waals surface area contributed by atoms with Crippen LogP contribution in [0.5, 0.6) is 0 Å². The SMILES string of the molecule is N#Cc1ccccc1NC(=O)CCCOCC1CCOC1. The monoisotopic (exact) mass is 288 g/mol. The number of rotatable bonds is 7. The van der Waals surface area contributed by atoms with Crippen molar-refractivity contribution in [3.8, 4) is 6.07 Å². The van der Waals surface area contributed by atoms with Gasteiger partial charge in [-0.3, -0.25) is 4.79 Å². The van der Waals surface area contributed by atoms with Gasteiger partial charge < -0.3 is 14.8 Å². The smallest absolute Gasteiger partial charge is 0.224 e. The summed E-state index contributed by atoms with van der Waals surface area (Å²) in [6.07, 6.45) is 2.13. The molecule has 0 aliphatic carbocycles. The van der Waals surface area contributed by atoms with E-state index in [1.807, 2.05) is 0 Å². The van der Waals surface area contributed by atoms with E-state index in [2.05, 4.69) is 11.4 Å². The number of nitrogens with one attached hydrogen (secondary N) is 1. The number of nitriles is 1. The van der Waals surface area contributed by atoms with Crippen LogP contribution < -0.4 is 5.32 Å². The van der Waals surface area contributed by atoms with Gasteiger partial charge >= 0.3 is 0 Å². The molecule has 1 aliphatic rings. The van der Waals surface area contributed by atoms with Crippen molar-refractivity contribution in [3.05, 3.63) is 29.8 Å². The summed E-state index contributed by atoms with van der Waals surface area (Å²) in [4.78, 5) is 11.8. The molecular weight excluding hydrogens is 268 g/mol. The van der Waals surface area contributed by atoms with Crippen LogP contribution in [0, 0.1) is 17.2 Å². The molecule has 1 fully saturated rings. The lowest BCUT2D eigenvalue weighted by Crippen LogP contribution is -2.14. The number of benzene rings is 1. The zero-order valence-corrected chi connectivity index (χ0v) is 12.0. The average molecular weight is 288 g/mol. The largest absolute Gasteiger partial charge is 0.381 e. The Labute approximate surface area is 124 Å². The second kappa shape index (κ2) is 8.40. The van der Waals surface area contributed by atoms with Crippen LogP contribution in [0.1, 0.15) is 24.8 Å². The third-order valence-electron chi connectivity index (χ3n) is 3.39. The highest BCUT2D eigenvalue weighted by Crippen LogP contribution is 2.14.